The van der Waals surface area contributed by atoms with E-state index < -0.39 is 24.0 Å². The molecule has 0 aliphatic carbocycles. The van der Waals surface area contributed by atoms with Crippen molar-refractivity contribution in [1.82, 2.24) is 5.23 Å². The predicted octanol–water partition coefficient (Wildman–Crippen LogP) is -0.231. The Labute approximate surface area is 48.2 Å². The van der Waals surface area contributed by atoms with Gasteiger partial charge in [0.1, 0.15) is 0 Å². The summed E-state index contributed by atoms with van der Waals surface area (Å²) in [6.45, 7) is 0.616. The molecule has 0 radical (unpaired) electrons. The summed E-state index contributed by atoms with van der Waals surface area (Å²) in [5.74, 6) is 0. The number of rotatable bonds is 0. The maximum absolute atomic E-state index is 9.98. The second-order valence-electron chi connectivity index (χ2n) is 0.953. The minimum absolute atomic E-state index is 0.589. The molecule has 0 unspecified atom stereocenters. The van der Waals surface area contributed by atoms with Gasteiger partial charge in [-0.1, -0.05) is 0 Å². The molecule has 0 atom stereocenters. The van der Waals surface area contributed by atoms with Gasteiger partial charge in [-0.15, -0.1) is 0 Å². The summed E-state index contributed by atoms with van der Waals surface area (Å²) in [5.41, 5.74) is 0. The van der Waals surface area contributed by atoms with E-state index in [1.165, 1.54) is 0 Å². The molecule has 0 aromatic heterocycles. The van der Waals surface area contributed by atoms with Gasteiger partial charge in [0.15, 0.2) is 0 Å². The van der Waals surface area contributed by atoms with Crippen LogP contribution in [0.4, 0.5) is 0 Å². The van der Waals surface area contributed by atoms with E-state index in [9.17, 15) is 5.21 Å². The normalized spacial score (nSPS) is 25.5. The first-order valence-electron chi connectivity index (χ1n) is 1.64. The van der Waals surface area contributed by atoms with Gasteiger partial charge < -0.3 is 0 Å². The molecule has 3 nitrogen and oxygen atoms in total. The van der Waals surface area contributed by atoms with Gasteiger partial charge in [-0.2, -0.15) is 0 Å². The van der Waals surface area contributed by atoms with Crippen molar-refractivity contribution in [3.05, 3.63) is 5.21 Å². The third kappa shape index (κ3) is 1.13. The van der Waals surface area contributed by atoms with Gasteiger partial charge in [0.05, 0.1) is 0 Å². The van der Waals surface area contributed by atoms with Crippen LogP contribution in [0.1, 0.15) is 0 Å². The molecular formula is C2H4NO2Po-. The van der Waals surface area contributed by atoms with Crippen LogP contribution >= 0.6 is 0 Å². The summed E-state index contributed by atoms with van der Waals surface area (Å²) in [6.07, 6.45) is 0. The molecule has 6 heavy (non-hydrogen) atoms. The maximum atomic E-state index is 9.98. The Morgan fingerprint density at radius 2 is 2.67 bits per heavy atom. The Morgan fingerprint density at radius 1 is 1.83 bits per heavy atom. The van der Waals surface area contributed by atoms with Gasteiger partial charge in [0.2, 0.25) is 0 Å². The van der Waals surface area contributed by atoms with E-state index in [4.69, 9.17) is 0 Å². The van der Waals surface area contributed by atoms with Crippen molar-refractivity contribution >= 4 is 24.0 Å². The second-order valence-corrected chi connectivity index (χ2v) is 4.04. The van der Waals surface area contributed by atoms with Crippen molar-refractivity contribution in [2.45, 2.75) is 4.08 Å². The van der Waals surface area contributed by atoms with Gasteiger partial charge in [-0.25, -0.2) is 0 Å². The molecule has 0 aromatic carbocycles. The first kappa shape index (κ1) is 4.92. The van der Waals surface area contributed by atoms with E-state index in [1.54, 1.807) is 0 Å². The molecule has 0 spiro atoms. The van der Waals surface area contributed by atoms with Crippen LogP contribution in [-0.2, 0) is 2.87 Å². The van der Waals surface area contributed by atoms with Crippen LogP contribution in [0.5, 0.6) is 0 Å². The Kier molecular flexibility index (Phi) is 1.79. The number of hydrogen-bond donors (Lipinski definition) is 0. The molecule has 36 valence electrons. The topological polar surface area (TPSA) is 35.5 Å². The molecule has 0 saturated carbocycles. The fraction of sp³-hybridized carbons (Fsp3) is 1.00. The van der Waals surface area contributed by atoms with Crippen molar-refractivity contribution < 1.29 is 2.87 Å². The Morgan fingerprint density at radius 3 is 2.83 bits per heavy atom. The average molecular weight is 283 g/mol. The second kappa shape index (κ2) is 2.18. The summed E-state index contributed by atoms with van der Waals surface area (Å²) in [4.78, 5) is 0. The van der Waals surface area contributed by atoms with Gasteiger partial charge in [-0.3, -0.25) is 0 Å². The molecule has 0 aromatic rings. The zero-order chi connectivity index (χ0) is 4.41. The molecular weight excluding hydrogens is 279 g/mol. The predicted molar refractivity (Wildman–Crippen MR) is 21.7 cm³/mol. The molecule has 1 heterocycles. The summed E-state index contributed by atoms with van der Waals surface area (Å²) < 4.78 is 5.64. The average Bonchev–Trinajstić information content (AvgIpc) is 1.86. The zero-order valence-electron chi connectivity index (χ0n) is 3.09. The quantitative estimate of drug-likeness (QED) is 0.616. The van der Waals surface area contributed by atoms with Crippen molar-refractivity contribution in [2.24, 2.45) is 0 Å². The molecule has 0 amide bonds. The summed E-state index contributed by atoms with van der Waals surface area (Å²) in [6, 6.07) is 0. The third-order valence-corrected chi connectivity index (χ3v) is 2.91. The first-order chi connectivity index (χ1) is 2.89. The number of nitrogens with zero attached hydrogens (tertiary/aromatic N) is 1. The Hall–Kier alpha value is 0.776. The van der Waals surface area contributed by atoms with Crippen LogP contribution < -0.4 is 0 Å². The van der Waals surface area contributed by atoms with Crippen molar-refractivity contribution in [2.75, 3.05) is 6.54 Å². The summed E-state index contributed by atoms with van der Waals surface area (Å²) >= 11 is -0.589. The molecule has 1 aliphatic rings. The van der Waals surface area contributed by atoms with Gasteiger partial charge in [0.25, 0.3) is 0 Å². The molecule has 4 heteroatoms. The van der Waals surface area contributed by atoms with E-state index in [0.717, 1.165) is 4.08 Å². The van der Waals surface area contributed by atoms with Crippen LogP contribution in [0.2, 0.25) is 4.08 Å². The monoisotopic (exact) mass is 283 g/mol. The molecule has 1 saturated heterocycles. The van der Waals surface area contributed by atoms with E-state index in [2.05, 4.69) is 2.87 Å². The van der Waals surface area contributed by atoms with Crippen molar-refractivity contribution in [3.63, 3.8) is 0 Å². The van der Waals surface area contributed by atoms with Crippen LogP contribution in [0.15, 0.2) is 0 Å². The molecule has 1 rings (SSSR count). The number of hydrogen-bond acceptors (Lipinski definition) is 3. The standard InChI is InChI=1S/C2H4NO2.Po/c1-2-3(4)5;/h1-2H2;/q-2;+1. The zero-order valence-corrected chi connectivity index (χ0v) is 6.26. The minimum atomic E-state index is -0.589. The van der Waals surface area contributed by atoms with Crippen molar-refractivity contribution in [1.29, 1.82) is 0 Å². The SMILES string of the molecule is [O-]N1C[CH2][Po][O]1. The fourth-order valence-corrected chi connectivity index (χ4v) is 2.15. The van der Waals surface area contributed by atoms with E-state index in [-0.39, 0.29) is 0 Å². The van der Waals surface area contributed by atoms with Gasteiger partial charge >= 0.3 is 47.9 Å². The van der Waals surface area contributed by atoms with E-state index in [0.29, 0.717) is 11.8 Å². The van der Waals surface area contributed by atoms with Crippen LogP contribution in [0.25, 0.3) is 0 Å². The Balaban J connectivity index is 2.18. The van der Waals surface area contributed by atoms with Gasteiger partial charge in [0, 0.05) is 0 Å². The van der Waals surface area contributed by atoms with E-state index >= 15 is 0 Å². The van der Waals surface area contributed by atoms with E-state index in [1.807, 2.05) is 0 Å². The fourth-order valence-electron chi connectivity index (χ4n) is 0.245. The Bertz CT molecular complexity index is 44.8. The summed E-state index contributed by atoms with van der Waals surface area (Å²) in [7, 11) is 0. The molecule has 0 bridgehead atoms. The molecule has 0 N–H and O–H groups in total. The summed E-state index contributed by atoms with van der Waals surface area (Å²) in [5, 5.41) is 10.7. The first-order valence-corrected chi connectivity index (χ1v) is 5.18. The van der Waals surface area contributed by atoms with Gasteiger partial charge in [-0.05, 0) is 0 Å². The molecule has 1 fully saturated rings. The number of hydroxylamine groups is 2. The van der Waals surface area contributed by atoms with Crippen molar-refractivity contribution in [3.8, 4) is 0 Å². The molecule has 1 aliphatic heterocycles. The van der Waals surface area contributed by atoms with Crippen LogP contribution in [0, 0.1) is 5.21 Å². The van der Waals surface area contributed by atoms with Crippen LogP contribution in [0.3, 0.4) is 0 Å². The third-order valence-electron chi connectivity index (χ3n) is 0.493. The van der Waals surface area contributed by atoms with Crippen LogP contribution in [-0.4, -0.2) is 35.8 Å².